The van der Waals surface area contributed by atoms with Crippen molar-refractivity contribution in [1.29, 1.82) is 5.26 Å². The predicted octanol–water partition coefficient (Wildman–Crippen LogP) is 4.75. The number of anilines is 2. The minimum atomic E-state index is -0.971. The van der Waals surface area contributed by atoms with Gasteiger partial charge in [-0.15, -0.1) is 0 Å². The molecule has 0 atom stereocenters. The zero-order valence-electron chi connectivity index (χ0n) is 21.3. The molecular formula is C28H31N5O4. The molecule has 0 aliphatic carbocycles. The van der Waals surface area contributed by atoms with E-state index in [0.29, 0.717) is 23.1 Å². The molecule has 1 saturated heterocycles. The Morgan fingerprint density at radius 2 is 1.89 bits per heavy atom. The fraction of sp³-hybridized carbons (Fsp3) is 0.357. The van der Waals surface area contributed by atoms with Crippen molar-refractivity contribution in [3.63, 3.8) is 0 Å². The summed E-state index contributed by atoms with van der Waals surface area (Å²) in [7, 11) is 0. The van der Waals surface area contributed by atoms with Gasteiger partial charge in [0.15, 0.2) is 0 Å². The summed E-state index contributed by atoms with van der Waals surface area (Å²) in [6, 6.07) is 14.0. The van der Waals surface area contributed by atoms with Crippen LogP contribution in [0.15, 0.2) is 42.6 Å². The summed E-state index contributed by atoms with van der Waals surface area (Å²) in [5.74, 6) is 0.755. The number of ether oxygens (including phenoxy) is 2. The number of nitrogens with zero attached hydrogens (tertiary/aromatic N) is 4. The van der Waals surface area contributed by atoms with Crippen molar-refractivity contribution in [3.05, 3.63) is 70.4 Å². The van der Waals surface area contributed by atoms with E-state index in [4.69, 9.17) is 14.6 Å². The minimum Gasteiger partial charge on any atom is -0.480 e. The van der Waals surface area contributed by atoms with Crippen molar-refractivity contribution in [2.75, 3.05) is 29.9 Å². The topological polar surface area (TPSA) is 121 Å². The third kappa shape index (κ3) is 6.74. The first-order chi connectivity index (χ1) is 17.8. The van der Waals surface area contributed by atoms with Gasteiger partial charge in [-0.25, -0.2) is 9.78 Å². The van der Waals surface area contributed by atoms with Gasteiger partial charge in [-0.05, 0) is 74.6 Å². The average molecular weight is 502 g/mol. The third-order valence-electron chi connectivity index (χ3n) is 6.31. The number of aromatic nitrogens is 2. The number of nitrogens with one attached hydrogen (secondary N) is 1. The van der Waals surface area contributed by atoms with Crippen LogP contribution in [0.1, 0.15) is 40.7 Å². The van der Waals surface area contributed by atoms with E-state index in [2.05, 4.69) is 38.4 Å². The maximum Gasteiger partial charge on any atom is 0.329 e. The number of benzene rings is 2. The van der Waals surface area contributed by atoms with Gasteiger partial charge in [-0.1, -0.05) is 12.1 Å². The van der Waals surface area contributed by atoms with Crippen molar-refractivity contribution in [1.82, 2.24) is 9.97 Å². The Labute approximate surface area is 216 Å². The van der Waals surface area contributed by atoms with E-state index >= 15 is 0 Å². The van der Waals surface area contributed by atoms with Gasteiger partial charge >= 0.3 is 5.97 Å². The summed E-state index contributed by atoms with van der Waals surface area (Å²) < 4.78 is 11.4. The molecule has 9 heteroatoms. The van der Waals surface area contributed by atoms with Crippen LogP contribution in [0.2, 0.25) is 0 Å². The second-order valence-electron chi connectivity index (χ2n) is 9.30. The first-order valence-corrected chi connectivity index (χ1v) is 12.2. The molecule has 1 fully saturated rings. The Morgan fingerprint density at radius 3 is 2.57 bits per heavy atom. The summed E-state index contributed by atoms with van der Waals surface area (Å²) in [6.45, 7) is 7.46. The minimum absolute atomic E-state index is 0.229. The van der Waals surface area contributed by atoms with Crippen LogP contribution in [0.25, 0.3) is 0 Å². The molecule has 0 amide bonds. The van der Waals surface area contributed by atoms with Gasteiger partial charge in [0.2, 0.25) is 11.8 Å². The molecule has 2 heterocycles. The van der Waals surface area contributed by atoms with Gasteiger partial charge in [0, 0.05) is 36.6 Å². The molecule has 4 rings (SSSR count). The van der Waals surface area contributed by atoms with Crippen LogP contribution in [0.4, 0.5) is 11.6 Å². The molecule has 1 aromatic heterocycles. The van der Waals surface area contributed by atoms with E-state index in [1.165, 1.54) is 0 Å². The van der Waals surface area contributed by atoms with E-state index in [0.717, 1.165) is 53.9 Å². The SMILES string of the molecule is Cc1cnc(NC2CCN(c3cccc(COCC(=O)O)c3)CC2)nc1Oc1c(C)cc(C#N)cc1C. The highest BCUT2D eigenvalue weighted by Crippen LogP contribution is 2.31. The quantitative estimate of drug-likeness (QED) is 0.428. The Bertz CT molecular complexity index is 1290. The first-order valence-electron chi connectivity index (χ1n) is 12.2. The first kappa shape index (κ1) is 25.9. The maximum absolute atomic E-state index is 10.7. The number of hydrogen-bond donors (Lipinski definition) is 2. The molecule has 0 bridgehead atoms. The Morgan fingerprint density at radius 1 is 1.16 bits per heavy atom. The van der Waals surface area contributed by atoms with Crippen LogP contribution >= 0.6 is 0 Å². The lowest BCUT2D eigenvalue weighted by atomic mass is 10.0. The standard InChI is InChI=1S/C28H31N5O4/c1-18-11-22(14-29)12-19(2)26(18)37-27-20(3)15-30-28(32-27)31-23-7-9-33(10-8-23)24-6-4-5-21(13-24)16-36-17-25(34)35/h4-6,11-13,15,23H,7-10,16-17H2,1-3H3,(H,34,35)(H,30,31,32). The maximum atomic E-state index is 10.7. The molecule has 2 N–H and O–H groups in total. The van der Waals surface area contributed by atoms with E-state index in [1.807, 2.05) is 45.0 Å². The number of carboxylic acids is 1. The molecule has 9 nitrogen and oxygen atoms in total. The Hall–Kier alpha value is -4.16. The monoisotopic (exact) mass is 501 g/mol. The summed E-state index contributed by atoms with van der Waals surface area (Å²) in [5, 5.41) is 21.4. The van der Waals surface area contributed by atoms with Crippen molar-refractivity contribution in [2.24, 2.45) is 0 Å². The summed E-state index contributed by atoms with van der Waals surface area (Å²) >= 11 is 0. The van der Waals surface area contributed by atoms with E-state index in [-0.39, 0.29) is 19.3 Å². The fourth-order valence-corrected chi connectivity index (χ4v) is 4.44. The summed E-state index contributed by atoms with van der Waals surface area (Å²) in [6.07, 6.45) is 3.59. The number of nitriles is 1. The predicted molar refractivity (Wildman–Crippen MR) is 140 cm³/mol. The highest BCUT2D eigenvalue weighted by atomic mass is 16.5. The smallest absolute Gasteiger partial charge is 0.329 e. The zero-order valence-corrected chi connectivity index (χ0v) is 21.3. The van der Waals surface area contributed by atoms with E-state index in [9.17, 15) is 10.1 Å². The van der Waals surface area contributed by atoms with Crippen LogP contribution in [0.5, 0.6) is 11.6 Å². The fourth-order valence-electron chi connectivity index (χ4n) is 4.44. The van der Waals surface area contributed by atoms with Crippen LogP contribution < -0.4 is 15.0 Å². The number of aliphatic carboxylic acids is 1. The van der Waals surface area contributed by atoms with Crippen LogP contribution in [0.3, 0.4) is 0 Å². The highest BCUT2D eigenvalue weighted by Gasteiger charge is 2.21. The molecule has 3 aromatic rings. The Balaban J connectivity index is 1.36. The van der Waals surface area contributed by atoms with Gasteiger partial charge in [0.1, 0.15) is 12.4 Å². The third-order valence-corrected chi connectivity index (χ3v) is 6.31. The lowest BCUT2D eigenvalue weighted by Crippen LogP contribution is -2.39. The number of carbonyl (C=O) groups is 1. The molecule has 0 unspecified atom stereocenters. The molecule has 0 spiro atoms. The highest BCUT2D eigenvalue weighted by molar-refractivity contribution is 5.68. The number of piperidine rings is 1. The molecule has 0 saturated carbocycles. The van der Waals surface area contributed by atoms with Gasteiger partial charge in [0.25, 0.3) is 0 Å². The van der Waals surface area contributed by atoms with Crippen molar-refractivity contribution in [2.45, 2.75) is 46.3 Å². The number of aryl methyl sites for hydroxylation is 3. The van der Waals surface area contributed by atoms with Gasteiger partial charge in [-0.3, -0.25) is 0 Å². The lowest BCUT2D eigenvalue weighted by Gasteiger charge is -2.34. The summed E-state index contributed by atoms with van der Waals surface area (Å²) in [5.41, 5.74) is 5.25. The van der Waals surface area contributed by atoms with Gasteiger partial charge in [-0.2, -0.15) is 10.2 Å². The lowest BCUT2D eigenvalue weighted by molar-refractivity contribution is -0.142. The van der Waals surface area contributed by atoms with Gasteiger partial charge < -0.3 is 24.8 Å². The zero-order chi connectivity index (χ0) is 26.4. The molecule has 1 aliphatic heterocycles. The number of rotatable bonds is 9. The molecule has 1 aliphatic rings. The Kier molecular flexibility index (Phi) is 8.21. The van der Waals surface area contributed by atoms with E-state index < -0.39 is 5.97 Å². The molecule has 192 valence electrons. The largest absolute Gasteiger partial charge is 0.480 e. The summed E-state index contributed by atoms with van der Waals surface area (Å²) in [4.78, 5) is 22.1. The normalized spacial score (nSPS) is 13.7. The average Bonchev–Trinajstić information content (AvgIpc) is 2.88. The van der Waals surface area contributed by atoms with E-state index in [1.54, 1.807) is 6.20 Å². The second-order valence-corrected chi connectivity index (χ2v) is 9.30. The van der Waals surface area contributed by atoms with Crippen LogP contribution in [-0.2, 0) is 16.1 Å². The van der Waals surface area contributed by atoms with Gasteiger partial charge in [0.05, 0.1) is 18.2 Å². The molecule has 0 radical (unpaired) electrons. The van der Waals surface area contributed by atoms with Crippen LogP contribution in [-0.4, -0.2) is 46.8 Å². The van der Waals surface area contributed by atoms with Crippen molar-refractivity contribution < 1.29 is 19.4 Å². The number of carboxylic acid groups (broad SMARTS) is 1. The number of hydrogen-bond acceptors (Lipinski definition) is 8. The molecule has 37 heavy (non-hydrogen) atoms. The van der Waals surface area contributed by atoms with Crippen molar-refractivity contribution >= 4 is 17.6 Å². The molecule has 2 aromatic carbocycles. The van der Waals surface area contributed by atoms with Crippen molar-refractivity contribution in [3.8, 4) is 17.7 Å². The second kappa shape index (κ2) is 11.7. The van der Waals surface area contributed by atoms with Crippen LogP contribution in [0, 0.1) is 32.1 Å². The molecular weight excluding hydrogens is 470 g/mol.